The van der Waals surface area contributed by atoms with Gasteiger partial charge in [-0.2, -0.15) is 0 Å². The van der Waals surface area contributed by atoms with Gasteiger partial charge >= 0.3 is 0 Å². The quantitative estimate of drug-likeness (QED) is 0.364. The summed E-state index contributed by atoms with van der Waals surface area (Å²) in [6, 6.07) is 3.84. The molecule has 0 aromatic carbocycles. The highest BCUT2D eigenvalue weighted by atomic mass is 16.3. The first-order chi connectivity index (χ1) is 12.3. The maximum atomic E-state index is 12.0. The molecule has 0 saturated heterocycles. The van der Waals surface area contributed by atoms with Crippen LogP contribution in [0.15, 0.2) is 27.8 Å². The molecular formula is C19H32N4O2. The summed E-state index contributed by atoms with van der Waals surface area (Å²) in [4.78, 5) is 16.5. The molecule has 0 spiro atoms. The van der Waals surface area contributed by atoms with Gasteiger partial charge in [-0.25, -0.2) is 0 Å². The molecule has 1 aliphatic rings. The maximum absolute atomic E-state index is 12.0. The van der Waals surface area contributed by atoms with Gasteiger partial charge in [0.25, 0.3) is 0 Å². The van der Waals surface area contributed by atoms with Gasteiger partial charge in [0.2, 0.25) is 5.91 Å². The molecule has 1 amide bonds. The third-order valence-corrected chi connectivity index (χ3v) is 4.49. The lowest BCUT2D eigenvalue weighted by atomic mass is 9.87. The molecule has 0 bridgehead atoms. The smallest absolute Gasteiger partial charge is 0.220 e. The summed E-state index contributed by atoms with van der Waals surface area (Å²) in [6.45, 7) is 4.80. The summed E-state index contributed by atoms with van der Waals surface area (Å²) < 4.78 is 5.30. The van der Waals surface area contributed by atoms with E-state index in [-0.39, 0.29) is 5.91 Å². The molecule has 0 aliphatic heterocycles. The van der Waals surface area contributed by atoms with Crippen LogP contribution in [0.2, 0.25) is 0 Å². The van der Waals surface area contributed by atoms with Crippen LogP contribution < -0.4 is 16.0 Å². The van der Waals surface area contributed by atoms with Crippen LogP contribution in [-0.4, -0.2) is 38.0 Å². The van der Waals surface area contributed by atoms with E-state index in [0.717, 1.165) is 24.7 Å². The fourth-order valence-corrected chi connectivity index (χ4v) is 3.18. The number of hydrogen-bond donors (Lipinski definition) is 3. The molecule has 1 fully saturated rings. The molecule has 1 aliphatic carbocycles. The van der Waals surface area contributed by atoms with Gasteiger partial charge in [0.05, 0.1) is 6.26 Å². The fraction of sp³-hybridized carbons (Fsp3) is 0.684. The van der Waals surface area contributed by atoms with Crippen molar-refractivity contribution >= 4 is 11.9 Å². The van der Waals surface area contributed by atoms with Crippen molar-refractivity contribution in [2.24, 2.45) is 10.9 Å². The summed E-state index contributed by atoms with van der Waals surface area (Å²) in [7, 11) is 0. The Balaban J connectivity index is 1.60. The van der Waals surface area contributed by atoms with Crippen molar-refractivity contribution < 1.29 is 9.21 Å². The summed E-state index contributed by atoms with van der Waals surface area (Å²) in [5.74, 6) is 2.47. The van der Waals surface area contributed by atoms with E-state index >= 15 is 0 Å². The number of carbonyl (C=O) groups excluding carboxylic acids is 1. The number of aliphatic imine (C=N–C) groups is 1. The Morgan fingerprint density at radius 1 is 1.20 bits per heavy atom. The highest BCUT2D eigenvalue weighted by Crippen LogP contribution is 2.25. The Morgan fingerprint density at radius 3 is 2.72 bits per heavy atom. The minimum atomic E-state index is 0.174. The molecule has 1 aromatic rings. The van der Waals surface area contributed by atoms with E-state index < -0.39 is 0 Å². The van der Waals surface area contributed by atoms with Crippen molar-refractivity contribution in [1.29, 1.82) is 0 Å². The topological polar surface area (TPSA) is 78.7 Å². The highest BCUT2D eigenvalue weighted by Gasteiger charge is 2.16. The molecular weight excluding hydrogens is 316 g/mol. The molecule has 0 atom stereocenters. The number of guanidine groups is 1. The van der Waals surface area contributed by atoms with E-state index in [1.807, 2.05) is 19.1 Å². The normalized spacial score (nSPS) is 15.8. The van der Waals surface area contributed by atoms with Gasteiger partial charge in [-0.1, -0.05) is 19.3 Å². The van der Waals surface area contributed by atoms with E-state index in [1.165, 1.54) is 32.1 Å². The average Bonchev–Trinajstić information content (AvgIpc) is 3.13. The SMILES string of the molecule is CCNC(=NCCc1ccco1)NCCNC(=O)CC1CCCCC1. The molecule has 0 unspecified atom stereocenters. The molecule has 0 radical (unpaired) electrons. The highest BCUT2D eigenvalue weighted by molar-refractivity contribution is 5.80. The van der Waals surface area contributed by atoms with Crippen molar-refractivity contribution in [3.05, 3.63) is 24.2 Å². The van der Waals surface area contributed by atoms with E-state index in [2.05, 4.69) is 20.9 Å². The Morgan fingerprint density at radius 2 is 2.00 bits per heavy atom. The van der Waals surface area contributed by atoms with Crippen LogP contribution in [0, 0.1) is 5.92 Å². The number of furan rings is 1. The molecule has 25 heavy (non-hydrogen) atoms. The minimum Gasteiger partial charge on any atom is -0.469 e. The standard InChI is InChI=1S/C19H32N4O2/c1-2-20-19(22-11-10-17-9-6-14-25-17)23-13-12-21-18(24)15-16-7-4-3-5-8-16/h6,9,14,16H,2-5,7-8,10-13,15H2,1H3,(H,21,24)(H2,20,22,23). The van der Waals surface area contributed by atoms with Crippen molar-refractivity contribution in [1.82, 2.24) is 16.0 Å². The van der Waals surface area contributed by atoms with E-state index in [1.54, 1.807) is 6.26 Å². The van der Waals surface area contributed by atoms with Gasteiger partial charge in [0, 0.05) is 39.0 Å². The third kappa shape index (κ3) is 8.09. The van der Waals surface area contributed by atoms with E-state index in [9.17, 15) is 4.79 Å². The molecule has 1 heterocycles. The Kier molecular flexibility index (Phi) is 8.94. The van der Waals surface area contributed by atoms with Gasteiger partial charge in [-0.15, -0.1) is 0 Å². The lowest BCUT2D eigenvalue weighted by Crippen LogP contribution is -2.41. The summed E-state index contributed by atoms with van der Waals surface area (Å²) in [5.41, 5.74) is 0. The number of nitrogens with zero attached hydrogens (tertiary/aromatic N) is 1. The van der Waals surface area contributed by atoms with E-state index in [4.69, 9.17) is 4.42 Å². The zero-order valence-electron chi connectivity index (χ0n) is 15.4. The largest absolute Gasteiger partial charge is 0.469 e. The van der Waals surface area contributed by atoms with Crippen LogP contribution >= 0.6 is 0 Å². The van der Waals surface area contributed by atoms with Crippen LogP contribution in [0.4, 0.5) is 0 Å². The van der Waals surface area contributed by atoms with Gasteiger partial charge in [0.15, 0.2) is 5.96 Å². The number of carbonyl (C=O) groups is 1. The number of hydrogen-bond acceptors (Lipinski definition) is 3. The zero-order valence-corrected chi connectivity index (χ0v) is 15.4. The van der Waals surface area contributed by atoms with Crippen LogP contribution in [-0.2, 0) is 11.2 Å². The van der Waals surface area contributed by atoms with Crippen molar-refractivity contribution in [3.63, 3.8) is 0 Å². The Hall–Kier alpha value is -1.98. The lowest BCUT2D eigenvalue weighted by molar-refractivity contribution is -0.122. The number of rotatable bonds is 9. The number of amides is 1. The molecule has 6 nitrogen and oxygen atoms in total. The van der Waals surface area contributed by atoms with Crippen LogP contribution in [0.1, 0.15) is 51.2 Å². The first-order valence-electron chi connectivity index (χ1n) is 9.59. The third-order valence-electron chi connectivity index (χ3n) is 4.49. The van der Waals surface area contributed by atoms with Crippen molar-refractivity contribution in [3.8, 4) is 0 Å². The van der Waals surface area contributed by atoms with Crippen molar-refractivity contribution in [2.45, 2.75) is 51.9 Å². The predicted molar refractivity (Wildman–Crippen MR) is 101 cm³/mol. The molecule has 2 rings (SSSR count). The van der Waals surface area contributed by atoms with Crippen LogP contribution in [0.25, 0.3) is 0 Å². The molecule has 3 N–H and O–H groups in total. The van der Waals surface area contributed by atoms with Gasteiger partial charge in [-0.3, -0.25) is 9.79 Å². The Labute approximate surface area is 150 Å². The molecule has 140 valence electrons. The second-order valence-electron chi connectivity index (χ2n) is 6.57. The second-order valence-corrected chi connectivity index (χ2v) is 6.57. The molecule has 6 heteroatoms. The Bertz CT molecular complexity index is 508. The lowest BCUT2D eigenvalue weighted by Gasteiger charge is -2.20. The van der Waals surface area contributed by atoms with Gasteiger partial charge < -0.3 is 20.4 Å². The summed E-state index contributed by atoms with van der Waals surface area (Å²) in [5, 5.41) is 9.47. The monoisotopic (exact) mass is 348 g/mol. The number of nitrogens with one attached hydrogen (secondary N) is 3. The second kappa shape index (κ2) is 11.6. The zero-order chi connectivity index (χ0) is 17.7. The van der Waals surface area contributed by atoms with Gasteiger partial charge in [0.1, 0.15) is 5.76 Å². The summed E-state index contributed by atoms with van der Waals surface area (Å²) in [6.07, 6.45) is 9.43. The van der Waals surface area contributed by atoms with Crippen LogP contribution in [0.3, 0.4) is 0 Å². The van der Waals surface area contributed by atoms with Crippen molar-refractivity contribution in [2.75, 3.05) is 26.2 Å². The predicted octanol–water partition coefficient (Wildman–Crippen LogP) is 2.46. The maximum Gasteiger partial charge on any atom is 0.220 e. The minimum absolute atomic E-state index is 0.174. The first-order valence-corrected chi connectivity index (χ1v) is 9.59. The summed E-state index contributed by atoms with van der Waals surface area (Å²) >= 11 is 0. The average molecular weight is 348 g/mol. The molecule has 1 aromatic heterocycles. The fourth-order valence-electron chi connectivity index (χ4n) is 3.18. The van der Waals surface area contributed by atoms with Gasteiger partial charge in [-0.05, 0) is 37.8 Å². The first kappa shape index (κ1) is 19.3. The van der Waals surface area contributed by atoms with Crippen LogP contribution in [0.5, 0.6) is 0 Å². The van der Waals surface area contributed by atoms with E-state index in [0.29, 0.717) is 32.0 Å². The molecule has 1 saturated carbocycles.